The van der Waals surface area contributed by atoms with E-state index in [1.165, 1.54) is 22.9 Å². The molecule has 9 heteroatoms. The minimum Gasteiger partial charge on any atom is -0.457 e. The lowest BCUT2D eigenvalue weighted by Gasteiger charge is -2.12. The standard InChI is InChI=1S/C30H18ClF4N3O/c31-26-15-21(32)11-10-20(26)17-38-29(24-7-3-8-25(28(24)37-38)30(33,34)35)18-4-1-6-22(14-18)39-27-9-2-5-19-16-36-13-12-23(19)27/h1-16H,17H2. The van der Waals surface area contributed by atoms with Crippen LogP contribution in [-0.4, -0.2) is 14.8 Å². The highest BCUT2D eigenvalue weighted by Gasteiger charge is 2.34. The Bertz CT molecular complexity index is 1840. The molecule has 0 fully saturated rings. The zero-order valence-electron chi connectivity index (χ0n) is 20.1. The summed E-state index contributed by atoms with van der Waals surface area (Å²) in [6.07, 6.45) is -1.19. The van der Waals surface area contributed by atoms with E-state index in [4.69, 9.17) is 16.3 Å². The number of hydrogen-bond acceptors (Lipinski definition) is 3. The fourth-order valence-electron chi connectivity index (χ4n) is 4.63. The lowest BCUT2D eigenvalue weighted by atomic mass is 10.0. The van der Waals surface area contributed by atoms with Crippen LogP contribution in [0.15, 0.2) is 97.3 Å². The first-order valence-electron chi connectivity index (χ1n) is 11.9. The molecule has 0 saturated heterocycles. The SMILES string of the molecule is Fc1ccc(Cn2nc3c(C(F)(F)F)cccc3c2-c2cccc(Oc3cccc4cnccc34)c2)c(Cl)c1. The van der Waals surface area contributed by atoms with E-state index in [2.05, 4.69) is 10.1 Å². The molecule has 0 aliphatic rings. The van der Waals surface area contributed by atoms with E-state index >= 15 is 0 Å². The van der Waals surface area contributed by atoms with Crippen LogP contribution in [0.25, 0.3) is 32.9 Å². The van der Waals surface area contributed by atoms with E-state index in [1.807, 2.05) is 24.3 Å². The van der Waals surface area contributed by atoms with Gasteiger partial charge in [-0.05, 0) is 48.0 Å². The summed E-state index contributed by atoms with van der Waals surface area (Å²) in [7, 11) is 0. The fraction of sp³-hybridized carbons (Fsp3) is 0.0667. The Morgan fingerprint density at radius 2 is 1.69 bits per heavy atom. The lowest BCUT2D eigenvalue weighted by Crippen LogP contribution is -2.07. The molecule has 6 aromatic rings. The molecule has 4 aromatic carbocycles. The van der Waals surface area contributed by atoms with Gasteiger partial charge in [-0.2, -0.15) is 18.3 Å². The van der Waals surface area contributed by atoms with Crippen molar-refractivity contribution in [2.45, 2.75) is 12.7 Å². The highest BCUT2D eigenvalue weighted by molar-refractivity contribution is 6.31. The van der Waals surface area contributed by atoms with E-state index in [0.717, 1.165) is 22.9 Å². The second-order valence-corrected chi connectivity index (χ2v) is 9.33. The minimum absolute atomic E-state index is 0.0296. The number of fused-ring (bicyclic) bond motifs is 2. The maximum absolute atomic E-state index is 13.9. The maximum atomic E-state index is 13.9. The number of rotatable bonds is 5. The summed E-state index contributed by atoms with van der Waals surface area (Å²) in [5.41, 5.74) is 0.518. The van der Waals surface area contributed by atoms with Gasteiger partial charge in [-0.15, -0.1) is 0 Å². The van der Waals surface area contributed by atoms with Crippen molar-refractivity contribution in [1.82, 2.24) is 14.8 Å². The molecule has 0 N–H and O–H groups in total. The van der Waals surface area contributed by atoms with Crippen molar-refractivity contribution in [3.8, 4) is 22.8 Å². The number of nitrogens with zero attached hydrogens (tertiary/aromatic N) is 3. The second-order valence-electron chi connectivity index (χ2n) is 8.92. The summed E-state index contributed by atoms with van der Waals surface area (Å²) >= 11 is 6.26. The van der Waals surface area contributed by atoms with E-state index in [0.29, 0.717) is 33.7 Å². The van der Waals surface area contributed by atoms with Gasteiger partial charge in [-0.25, -0.2) is 4.39 Å². The van der Waals surface area contributed by atoms with Crippen LogP contribution < -0.4 is 4.74 Å². The Labute approximate surface area is 225 Å². The average molecular weight is 548 g/mol. The molecule has 194 valence electrons. The summed E-state index contributed by atoms with van der Waals surface area (Å²) in [5.74, 6) is 0.593. The Morgan fingerprint density at radius 3 is 2.51 bits per heavy atom. The first-order chi connectivity index (χ1) is 18.8. The topological polar surface area (TPSA) is 39.9 Å². The maximum Gasteiger partial charge on any atom is 0.418 e. The van der Waals surface area contributed by atoms with E-state index in [9.17, 15) is 17.6 Å². The third-order valence-electron chi connectivity index (χ3n) is 6.39. The summed E-state index contributed by atoms with van der Waals surface area (Å²) in [6.45, 7) is 0.0296. The number of ether oxygens (including phenoxy) is 1. The molecule has 0 saturated carbocycles. The summed E-state index contributed by atoms with van der Waals surface area (Å²) < 4.78 is 63.0. The number of alkyl halides is 3. The van der Waals surface area contributed by atoms with Gasteiger partial charge in [0.05, 0.1) is 17.8 Å². The van der Waals surface area contributed by atoms with Crippen LogP contribution in [-0.2, 0) is 12.7 Å². The molecular weight excluding hydrogens is 530 g/mol. The van der Waals surface area contributed by atoms with E-state index in [-0.39, 0.29) is 17.1 Å². The molecule has 39 heavy (non-hydrogen) atoms. The zero-order valence-corrected chi connectivity index (χ0v) is 20.8. The molecule has 0 atom stereocenters. The number of benzene rings is 4. The third-order valence-corrected chi connectivity index (χ3v) is 6.74. The molecule has 0 amide bonds. The Morgan fingerprint density at radius 1 is 0.872 bits per heavy atom. The van der Waals surface area contributed by atoms with Gasteiger partial charge in [0.2, 0.25) is 0 Å². The summed E-state index contributed by atoms with van der Waals surface area (Å²) in [5, 5.41) is 6.61. The molecule has 0 radical (unpaired) electrons. The molecule has 0 unspecified atom stereocenters. The minimum atomic E-state index is -4.60. The van der Waals surface area contributed by atoms with Crippen molar-refractivity contribution in [3.63, 3.8) is 0 Å². The van der Waals surface area contributed by atoms with Crippen molar-refractivity contribution in [1.29, 1.82) is 0 Å². The molecular formula is C30H18ClF4N3O. The second kappa shape index (κ2) is 9.71. The van der Waals surface area contributed by atoms with Crippen LogP contribution in [0.5, 0.6) is 11.5 Å². The molecule has 2 heterocycles. The van der Waals surface area contributed by atoms with Gasteiger partial charge < -0.3 is 4.74 Å². The quantitative estimate of drug-likeness (QED) is 0.202. The first-order valence-corrected chi connectivity index (χ1v) is 12.3. The van der Waals surface area contributed by atoms with Crippen LogP contribution in [0.1, 0.15) is 11.1 Å². The van der Waals surface area contributed by atoms with Gasteiger partial charge in [0.15, 0.2) is 0 Å². The molecule has 0 spiro atoms. The summed E-state index contributed by atoms with van der Waals surface area (Å²) in [6, 6.07) is 22.4. The number of pyridine rings is 1. The monoisotopic (exact) mass is 547 g/mol. The van der Waals surface area contributed by atoms with Crippen LogP contribution in [0.3, 0.4) is 0 Å². The van der Waals surface area contributed by atoms with Crippen LogP contribution in [0.4, 0.5) is 17.6 Å². The van der Waals surface area contributed by atoms with E-state index in [1.54, 1.807) is 42.7 Å². The van der Waals surface area contributed by atoms with Crippen LogP contribution >= 0.6 is 11.6 Å². The molecule has 4 nitrogen and oxygen atoms in total. The zero-order chi connectivity index (χ0) is 27.1. The predicted molar refractivity (Wildman–Crippen MR) is 142 cm³/mol. The predicted octanol–water partition coefficient (Wildman–Crippen LogP) is 8.90. The highest BCUT2D eigenvalue weighted by Crippen LogP contribution is 2.39. The Kier molecular flexibility index (Phi) is 6.19. The van der Waals surface area contributed by atoms with Crippen molar-refractivity contribution < 1.29 is 22.3 Å². The number of halogens is 5. The van der Waals surface area contributed by atoms with Gasteiger partial charge in [0, 0.05) is 39.1 Å². The lowest BCUT2D eigenvalue weighted by molar-refractivity contribution is -0.136. The Hall–Kier alpha value is -4.43. The average Bonchev–Trinajstić information content (AvgIpc) is 3.28. The van der Waals surface area contributed by atoms with Crippen LogP contribution in [0.2, 0.25) is 5.02 Å². The molecule has 0 aliphatic carbocycles. The van der Waals surface area contributed by atoms with Crippen molar-refractivity contribution in [2.24, 2.45) is 0 Å². The van der Waals surface area contributed by atoms with Gasteiger partial charge in [0.25, 0.3) is 0 Å². The third kappa shape index (κ3) is 4.79. The van der Waals surface area contributed by atoms with Gasteiger partial charge in [0.1, 0.15) is 22.8 Å². The largest absolute Gasteiger partial charge is 0.457 e. The van der Waals surface area contributed by atoms with Crippen molar-refractivity contribution >= 4 is 33.3 Å². The number of aromatic nitrogens is 3. The molecule has 2 aromatic heterocycles. The first kappa shape index (κ1) is 24.9. The Balaban J connectivity index is 1.49. The van der Waals surface area contributed by atoms with Crippen molar-refractivity contribution in [3.05, 3.63) is 119 Å². The number of hydrogen-bond donors (Lipinski definition) is 0. The van der Waals surface area contributed by atoms with Gasteiger partial charge >= 0.3 is 6.18 Å². The highest BCUT2D eigenvalue weighted by atomic mass is 35.5. The molecule has 0 bridgehead atoms. The fourth-order valence-corrected chi connectivity index (χ4v) is 4.85. The van der Waals surface area contributed by atoms with Crippen molar-refractivity contribution in [2.75, 3.05) is 0 Å². The normalized spacial score (nSPS) is 11.8. The smallest absolute Gasteiger partial charge is 0.418 e. The molecule has 0 aliphatic heterocycles. The van der Waals surface area contributed by atoms with Gasteiger partial charge in [-0.3, -0.25) is 9.67 Å². The van der Waals surface area contributed by atoms with Gasteiger partial charge in [-0.1, -0.05) is 54.1 Å². The van der Waals surface area contributed by atoms with Crippen LogP contribution in [0, 0.1) is 5.82 Å². The van der Waals surface area contributed by atoms with E-state index < -0.39 is 17.6 Å². The molecule has 6 rings (SSSR count). The summed E-state index contributed by atoms with van der Waals surface area (Å²) in [4.78, 5) is 4.14.